The van der Waals surface area contributed by atoms with Crippen molar-refractivity contribution in [2.75, 3.05) is 6.61 Å². The molecule has 10 heteroatoms. The minimum Gasteiger partial charge on any atom is -0.466 e. The van der Waals surface area contributed by atoms with E-state index in [1.54, 1.807) is 4.98 Å². The molecular formula is C11H10F5NO4. The quantitative estimate of drug-likeness (QED) is 0.669. The second kappa shape index (κ2) is 6.55. The number of alkyl halides is 5. The van der Waals surface area contributed by atoms with Gasteiger partial charge in [-0.25, -0.2) is 8.78 Å². The van der Waals surface area contributed by atoms with Crippen molar-refractivity contribution in [3.63, 3.8) is 0 Å². The number of ether oxygens (including phenoxy) is 2. The summed E-state index contributed by atoms with van der Waals surface area (Å²) in [4.78, 5) is 24.4. The van der Waals surface area contributed by atoms with Crippen LogP contribution in [0.5, 0.6) is 5.75 Å². The van der Waals surface area contributed by atoms with Crippen LogP contribution in [0.25, 0.3) is 0 Å². The van der Waals surface area contributed by atoms with Crippen molar-refractivity contribution in [3.05, 3.63) is 27.7 Å². The van der Waals surface area contributed by atoms with E-state index in [0.717, 1.165) is 0 Å². The van der Waals surface area contributed by atoms with Crippen molar-refractivity contribution >= 4 is 5.97 Å². The lowest BCUT2D eigenvalue weighted by molar-refractivity contribution is -0.275. The lowest BCUT2D eigenvalue weighted by Crippen LogP contribution is -2.26. The van der Waals surface area contributed by atoms with Crippen LogP contribution in [-0.4, -0.2) is 23.9 Å². The Hall–Kier alpha value is -2.13. The van der Waals surface area contributed by atoms with Gasteiger partial charge in [-0.3, -0.25) is 9.59 Å². The van der Waals surface area contributed by atoms with E-state index in [9.17, 15) is 31.5 Å². The number of esters is 1. The molecule has 0 fully saturated rings. The molecule has 0 aliphatic heterocycles. The van der Waals surface area contributed by atoms with Crippen molar-refractivity contribution < 1.29 is 36.2 Å². The van der Waals surface area contributed by atoms with Crippen LogP contribution in [0.2, 0.25) is 0 Å². The third kappa shape index (κ3) is 4.72. The normalized spacial score (nSPS) is 11.6. The van der Waals surface area contributed by atoms with Gasteiger partial charge in [-0.05, 0) is 6.92 Å². The zero-order chi connectivity index (χ0) is 16.2. The van der Waals surface area contributed by atoms with Gasteiger partial charge in [0, 0.05) is 17.3 Å². The Morgan fingerprint density at radius 2 is 2.00 bits per heavy atom. The molecule has 1 aromatic heterocycles. The van der Waals surface area contributed by atoms with Gasteiger partial charge in [0.15, 0.2) is 5.75 Å². The highest BCUT2D eigenvalue weighted by molar-refractivity contribution is 5.74. The predicted molar refractivity (Wildman–Crippen MR) is 59.0 cm³/mol. The van der Waals surface area contributed by atoms with Crippen molar-refractivity contribution in [3.8, 4) is 5.75 Å². The largest absolute Gasteiger partial charge is 0.573 e. The topological polar surface area (TPSA) is 68.4 Å². The van der Waals surface area contributed by atoms with Crippen molar-refractivity contribution in [2.45, 2.75) is 26.1 Å². The maximum absolute atomic E-state index is 12.8. The number of rotatable bonds is 5. The molecule has 0 saturated heterocycles. The molecule has 0 amide bonds. The molecule has 1 rings (SSSR count). The van der Waals surface area contributed by atoms with E-state index in [0.29, 0.717) is 6.20 Å². The van der Waals surface area contributed by atoms with Crippen LogP contribution in [0, 0.1) is 0 Å². The van der Waals surface area contributed by atoms with E-state index in [1.165, 1.54) is 6.92 Å². The second-order valence-electron chi connectivity index (χ2n) is 3.71. The summed E-state index contributed by atoms with van der Waals surface area (Å²) in [6.45, 7) is 1.33. The van der Waals surface area contributed by atoms with E-state index < -0.39 is 47.6 Å². The highest BCUT2D eigenvalue weighted by atomic mass is 19.4. The summed E-state index contributed by atoms with van der Waals surface area (Å²) in [5, 5.41) is 0. The van der Waals surface area contributed by atoms with Crippen molar-refractivity contribution in [1.82, 2.24) is 4.98 Å². The molecule has 0 aliphatic carbocycles. The molecular weight excluding hydrogens is 305 g/mol. The van der Waals surface area contributed by atoms with Gasteiger partial charge in [0.25, 0.3) is 12.0 Å². The molecule has 1 heterocycles. The number of hydrogen-bond acceptors (Lipinski definition) is 4. The van der Waals surface area contributed by atoms with Crippen LogP contribution in [-0.2, 0) is 16.0 Å². The van der Waals surface area contributed by atoms with E-state index in [2.05, 4.69) is 9.47 Å². The number of carbonyl (C=O) groups excluding carboxylic acids is 1. The number of nitrogens with one attached hydrogen (secondary N) is 1. The van der Waals surface area contributed by atoms with Crippen LogP contribution in [0.4, 0.5) is 22.0 Å². The molecule has 21 heavy (non-hydrogen) atoms. The predicted octanol–water partition coefficient (Wildman–Crippen LogP) is 2.32. The lowest BCUT2D eigenvalue weighted by atomic mass is 10.1. The average Bonchev–Trinajstić information content (AvgIpc) is 2.32. The standard InChI is InChI=1S/C11H10F5NO4/c1-2-20-7(18)3-5-6(9(12)13)4-17-10(19)8(5)21-11(14,15)16/h4,9H,2-3H2,1H3,(H,17,19). The summed E-state index contributed by atoms with van der Waals surface area (Å²) >= 11 is 0. The lowest BCUT2D eigenvalue weighted by Gasteiger charge is -2.15. The third-order valence-electron chi connectivity index (χ3n) is 2.27. The number of carbonyl (C=O) groups is 1. The molecule has 0 bridgehead atoms. The number of hydrogen-bond donors (Lipinski definition) is 1. The number of H-pyrrole nitrogens is 1. The molecule has 0 radical (unpaired) electrons. The van der Waals surface area contributed by atoms with Crippen LogP contribution < -0.4 is 10.3 Å². The zero-order valence-electron chi connectivity index (χ0n) is 10.6. The summed E-state index contributed by atoms with van der Waals surface area (Å²) < 4.78 is 70.2. The van der Waals surface area contributed by atoms with Gasteiger partial charge >= 0.3 is 12.3 Å². The van der Waals surface area contributed by atoms with Gasteiger partial charge < -0.3 is 14.5 Å². The van der Waals surface area contributed by atoms with Crippen LogP contribution >= 0.6 is 0 Å². The Bertz CT molecular complexity index is 567. The van der Waals surface area contributed by atoms with Crippen molar-refractivity contribution in [1.29, 1.82) is 0 Å². The number of halogens is 5. The summed E-state index contributed by atoms with van der Waals surface area (Å²) in [6, 6.07) is 0. The third-order valence-corrected chi connectivity index (χ3v) is 2.27. The highest BCUT2D eigenvalue weighted by Crippen LogP contribution is 2.30. The Morgan fingerprint density at radius 1 is 1.38 bits per heavy atom. The molecule has 0 atom stereocenters. The Morgan fingerprint density at radius 3 is 2.48 bits per heavy atom. The van der Waals surface area contributed by atoms with Crippen LogP contribution in [0.15, 0.2) is 11.0 Å². The average molecular weight is 315 g/mol. The fraction of sp³-hybridized carbons (Fsp3) is 0.455. The summed E-state index contributed by atoms with van der Waals surface area (Å²) in [6.07, 6.45) is -8.88. The zero-order valence-corrected chi connectivity index (χ0v) is 10.6. The van der Waals surface area contributed by atoms with Gasteiger partial charge in [-0.15, -0.1) is 13.2 Å². The minimum absolute atomic E-state index is 0.0957. The fourth-order valence-corrected chi connectivity index (χ4v) is 1.52. The van der Waals surface area contributed by atoms with E-state index in [4.69, 9.17) is 0 Å². The smallest absolute Gasteiger partial charge is 0.466 e. The first-order chi connectivity index (χ1) is 9.65. The molecule has 0 aliphatic rings. The number of aromatic amines is 1. The molecule has 0 aromatic carbocycles. The first kappa shape index (κ1) is 16.9. The molecule has 1 aromatic rings. The number of aromatic nitrogens is 1. The summed E-state index contributed by atoms with van der Waals surface area (Å²) in [7, 11) is 0. The fourth-order valence-electron chi connectivity index (χ4n) is 1.52. The highest BCUT2D eigenvalue weighted by Gasteiger charge is 2.35. The first-order valence-corrected chi connectivity index (χ1v) is 5.59. The number of pyridine rings is 1. The summed E-state index contributed by atoms with van der Waals surface area (Å²) in [5.41, 5.74) is -3.18. The van der Waals surface area contributed by atoms with E-state index in [1.807, 2.05) is 0 Å². The van der Waals surface area contributed by atoms with E-state index >= 15 is 0 Å². The van der Waals surface area contributed by atoms with E-state index in [-0.39, 0.29) is 6.61 Å². The molecule has 1 N–H and O–H groups in total. The first-order valence-electron chi connectivity index (χ1n) is 5.59. The SMILES string of the molecule is CCOC(=O)Cc1c(C(F)F)c[nH]c(=O)c1OC(F)(F)F. The molecule has 5 nitrogen and oxygen atoms in total. The van der Waals surface area contributed by atoms with Gasteiger partial charge in [-0.2, -0.15) is 0 Å². The van der Waals surface area contributed by atoms with Crippen LogP contribution in [0.3, 0.4) is 0 Å². The second-order valence-corrected chi connectivity index (χ2v) is 3.71. The van der Waals surface area contributed by atoms with Crippen molar-refractivity contribution in [2.24, 2.45) is 0 Å². The molecule has 0 spiro atoms. The molecule has 118 valence electrons. The summed E-state index contributed by atoms with van der Waals surface area (Å²) in [5.74, 6) is -2.45. The molecule has 0 unspecified atom stereocenters. The van der Waals surface area contributed by atoms with Gasteiger partial charge in [-0.1, -0.05) is 0 Å². The van der Waals surface area contributed by atoms with Gasteiger partial charge in [0.05, 0.1) is 13.0 Å². The maximum Gasteiger partial charge on any atom is 0.573 e. The van der Waals surface area contributed by atoms with Crippen LogP contribution in [0.1, 0.15) is 24.5 Å². The molecule has 0 saturated carbocycles. The Kier molecular flexibility index (Phi) is 5.28. The minimum atomic E-state index is -5.27. The maximum atomic E-state index is 12.8. The van der Waals surface area contributed by atoms with Gasteiger partial charge in [0.2, 0.25) is 0 Å². The Labute approximate surface area is 114 Å². The Balaban J connectivity index is 3.35. The van der Waals surface area contributed by atoms with Gasteiger partial charge in [0.1, 0.15) is 0 Å². The monoisotopic (exact) mass is 315 g/mol.